The van der Waals surface area contributed by atoms with Crippen LogP contribution in [0.25, 0.3) is 0 Å². The van der Waals surface area contributed by atoms with Crippen LogP contribution in [0.2, 0.25) is 0 Å². The molecule has 0 radical (unpaired) electrons. The Bertz CT molecular complexity index is 813. The first kappa shape index (κ1) is 20.7. The highest BCUT2D eigenvalue weighted by Crippen LogP contribution is 2.47. The summed E-state index contributed by atoms with van der Waals surface area (Å²) in [4.78, 5) is 18.8. The predicted octanol–water partition coefficient (Wildman–Crippen LogP) is 4.10. The van der Waals surface area contributed by atoms with E-state index in [1.54, 1.807) is 12.1 Å². The molecule has 6 nitrogen and oxygen atoms in total. The maximum Gasteiger partial charge on any atom is 0.291 e. The van der Waals surface area contributed by atoms with E-state index in [1.807, 2.05) is 31.3 Å². The van der Waals surface area contributed by atoms with E-state index in [0.29, 0.717) is 17.7 Å². The Morgan fingerprint density at radius 3 is 2.57 bits per heavy atom. The fourth-order valence-electron chi connectivity index (χ4n) is 4.02. The number of amides is 1. The highest BCUT2D eigenvalue weighted by atomic mass is 127. The van der Waals surface area contributed by atoms with Gasteiger partial charge < -0.3 is 20.0 Å². The van der Waals surface area contributed by atoms with Gasteiger partial charge in [-0.15, -0.1) is 24.0 Å². The van der Waals surface area contributed by atoms with Gasteiger partial charge in [0.2, 0.25) is 0 Å². The third-order valence-corrected chi connectivity index (χ3v) is 5.77. The Hall–Kier alpha value is -2.03. The average molecular weight is 494 g/mol. The number of carbonyl (C=O) groups excluding carboxylic acids is 1. The number of anilines is 1. The van der Waals surface area contributed by atoms with E-state index in [0.717, 1.165) is 30.3 Å². The van der Waals surface area contributed by atoms with Gasteiger partial charge in [0, 0.05) is 32.4 Å². The molecule has 1 aliphatic carbocycles. The number of guanidine groups is 1. The lowest BCUT2D eigenvalue weighted by atomic mass is 9.68. The number of furan rings is 1. The SMILES string of the molecule is CN=C(NCc1ccc(NC(=O)c2ccco2)cc1)N1CCC2(CCC2)C1.I. The Balaban J connectivity index is 0.00000225. The van der Waals surface area contributed by atoms with Gasteiger partial charge in [0.05, 0.1) is 6.26 Å². The van der Waals surface area contributed by atoms with Crippen molar-refractivity contribution in [3.05, 3.63) is 54.0 Å². The zero-order valence-electron chi connectivity index (χ0n) is 16.1. The van der Waals surface area contributed by atoms with Gasteiger partial charge in [-0.25, -0.2) is 0 Å². The lowest BCUT2D eigenvalue weighted by molar-refractivity contribution is 0.0996. The first-order valence-electron chi connectivity index (χ1n) is 9.57. The zero-order valence-corrected chi connectivity index (χ0v) is 18.4. The minimum absolute atomic E-state index is 0. The second kappa shape index (κ2) is 8.98. The van der Waals surface area contributed by atoms with Crippen LogP contribution in [-0.2, 0) is 6.54 Å². The molecule has 1 saturated carbocycles. The van der Waals surface area contributed by atoms with Gasteiger partial charge in [-0.1, -0.05) is 18.6 Å². The second-order valence-electron chi connectivity index (χ2n) is 7.55. The second-order valence-corrected chi connectivity index (χ2v) is 7.55. The number of carbonyl (C=O) groups is 1. The molecule has 4 rings (SSSR count). The third kappa shape index (κ3) is 4.51. The lowest BCUT2D eigenvalue weighted by Crippen LogP contribution is -2.42. The fraction of sp³-hybridized carbons (Fsp3) is 0.429. The van der Waals surface area contributed by atoms with E-state index >= 15 is 0 Å². The number of halogens is 1. The van der Waals surface area contributed by atoms with Crippen LogP contribution in [0.15, 0.2) is 52.1 Å². The number of hydrogen-bond acceptors (Lipinski definition) is 3. The lowest BCUT2D eigenvalue weighted by Gasteiger charge is -2.38. The van der Waals surface area contributed by atoms with Crippen molar-refractivity contribution in [2.75, 3.05) is 25.5 Å². The van der Waals surface area contributed by atoms with Crippen molar-refractivity contribution in [1.82, 2.24) is 10.2 Å². The van der Waals surface area contributed by atoms with Crippen molar-refractivity contribution in [1.29, 1.82) is 0 Å². The maximum atomic E-state index is 12.0. The highest BCUT2D eigenvalue weighted by molar-refractivity contribution is 14.0. The molecule has 1 aromatic heterocycles. The van der Waals surface area contributed by atoms with Crippen molar-refractivity contribution in [2.45, 2.75) is 32.2 Å². The van der Waals surface area contributed by atoms with E-state index in [-0.39, 0.29) is 29.9 Å². The standard InChI is InChI=1S/C21H26N4O2.HI/c1-22-20(25-12-11-21(15-25)9-3-10-21)23-14-16-5-7-17(8-6-16)24-19(26)18-4-2-13-27-18;/h2,4-8,13H,3,9-12,14-15H2,1H3,(H,22,23)(H,24,26);1H. The zero-order chi connectivity index (χ0) is 18.7. The van der Waals surface area contributed by atoms with Gasteiger partial charge >= 0.3 is 0 Å². The van der Waals surface area contributed by atoms with Crippen molar-refractivity contribution in [3.8, 4) is 0 Å². The molecule has 7 heteroatoms. The molecular formula is C21H27IN4O2. The molecule has 2 aromatic rings. The minimum atomic E-state index is -0.245. The monoisotopic (exact) mass is 494 g/mol. The number of aliphatic imine (C=N–C) groups is 1. The van der Waals surface area contributed by atoms with E-state index in [9.17, 15) is 4.79 Å². The van der Waals surface area contributed by atoms with E-state index in [2.05, 4.69) is 20.5 Å². The quantitative estimate of drug-likeness (QED) is 0.382. The number of nitrogens with zero attached hydrogens (tertiary/aromatic N) is 2. The molecule has 2 aliphatic rings. The van der Waals surface area contributed by atoms with Gasteiger partial charge in [-0.05, 0) is 54.5 Å². The van der Waals surface area contributed by atoms with E-state index < -0.39 is 0 Å². The Labute approximate surface area is 182 Å². The van der Waals surface area contributed by atoms with Gasteiger partial charge in [0.25, 0.3) is 5.91 Å². The van der Waals surface area contributed by atoms with E-state index in [4.69, 9.17) is 4.42 Å². The summed E-state index contributed by atoms with van der Waals surface area (Å²) in [7, 11) is 1.85. The van der Waals surface area contributed by atoms with Crippen molar-refractivity contribution >= 4 is 41.5 Å². The summed E-state index contributed by atoms with van der Waals surface area (Å²) in [5.74, 6) is 1.04. The number of likely N-dealkylation sites (tertiary alicyclic amines) is 1. The number of rotatable bonds is 4. The Morgan fingerprint density at radius 1 is 1.21 bits per heavy atom. The Morgan fingerprint density at radius 2 is 2.00 bits per heavy atom. The molecule has 2 fully saturated rings. The first-order chi connectivity index (χ1) is 13.2. The molecule has 0 unspecified atom stereocenters. The molecule has 1 saturated heterocycles. The molecule has 2 heterocycles. The van der Waals surface area contributed by atoms with Crippen LogP contribution in [0, 0.1) is 5.41 Å². The van der Waals surface area contributed by atoms with Crippen molar-refractivity contribution in [2.24, 2.45) is 10.4 Å². The molecule has 0 atom stereocenters. The van der Waals surface area contributed by atoms with Crippen LogP contribution in [-0.4, -0.2) is 36.9 Å². The maximum absolute atomic E-state index is 12.0. The van der Waals surface area contributed by atoms with Gasteiger partial charge in [0.1, 0.15) is 0 Å². The molecule has 28 heavy (non-hydrogen) atoms. The number of nitrogens with one attached hydrogen (secondary N) is 2. The summed E-state index contributed by atoms with van der Waals surface area (Å²) in [6.45, 7) is 2.93. The third-order valence-electron chi connectivity index (χ3n) is 5.77. The normalized spacial score (nSPS) is 17.8. The van der Waals surface area contributed by atoms with Crippen LogP contribution in [0.5, 0.6) is 0 Å². The highest BCUT2D eigenvalue weighted by Gasteiger charge is 2.43. The van der Waals surface area contributed by atoms with E-state index in [1.165, 1.54) is 31.9 Å². The molecular weight excluding hydrogens is 467 g/mol. The largest absolute Gasteiger partial charge is 0.459 e. The summed E-state index contributed by atoms with van der Waals surface area (Å²) >= 11 is 0. The van der Waals surface area contributed by atoms with Crippen LogP contribution in [0.3, 0.4) is 0 Å². The number of benzene rings is 1. The summed E-state index contributed by atoms with van der Waals surface area (Å²) in [6.07, 6.45) is 6.89. The van der Waals surface area contributed by atoms with Gasteiger partial charge in [-0.3, -0.25) is 9.79 Å². The fourth-order valence-corrected chi connectivity index (χ4v) is 4.02. The predicted molar refractivity (Wildman–Crippen MR) is 121 cm³/mol. The molecule has 1 amide bonds. The average Bonchev–Trinajstić information content (AvgIpc) is 3.33. The molecule has 0 bridgehead atoms. The van der Waals surface area contributed by atoms with Crippen LogP contribution in [0.4, 0.5) is 5.69 Å². The summed E-state index contributed by atoms with van der Waals surface area (Å²) in [6, 6.07) is 11.2. The molecule has 1 aliphatic heterocycles. The van der Waals surface area contributed by atoms with Crippen molar-refractivity contribution in [3.63, 3.8) is 0 Å². The summed E-state index contributed by atoms with van der Waals surface area (Å²) < 4.78 is 5.10. The molecule has 1 spiro atoms. The van der Waals surface area contributed by atoms with Gasteiger partial charge in [0.15, 0.2) is 11.7 Å². The number of hydrogen-bond donors (Lipinski definition) is 2. The van der Waals surface area contributed by atoms with Crippen LogP contribution < -0.4 is 10.6 Å². The first-order valence-corrected chi connectivity index (χ1v) is 9.57. The molecule has 1 aromatic carbocycles. The smallest absolute Gasteiger partial charge is 0.291 e. The minimum Gasteiger partial charge on any atom is -0.459 e. The Kier molecular flexibility index (Phi) is 6.64. The topological polar surface area (TPSA) is 69.9 Å². The van der Waals surface area contributed by atoms with Gasteiger partial charge in [-0.2, -0.15) is 0 Å². The summed E-state index contributed by atoms with van der Waals surface area (Å²) in [5, 5.41) is 6.30. The van der Waals surface area contributed by atoms with Crippen LogP contribution in [0.1, 0.15) is 41.8 Å². The summed E-state index contributed by atoms with van der Waals surface area (Å²) in [5.41, 5.74) is 2.45. The molecule has 150 valence electrons. The molecule has 2 N–H and O–H groups in total. The van der Waals surface area contributed by atoms with Crippen LogP contribution >= 0.6 is 24.0 Å². The van der Waals surface area contributed by atoms with Crippen molar-refractivity contribution < 1.29 is 9.21 Å².